The summed E-state index contributed by atoms with van der Waals surface area (Å²) in [5.41, 5.74) is 2.24. The molecule has 0 spiro atoms. The van der Waals surface area contributed by atoms with Gasteiger partial charge in [0.05, 0.1) is 11.8 Å². The Labute approximate surface area is 146 Å². The lowest BCUT2D eigenvalue weighted by Crippen LogP contribution is -2.17. The summed E-state index contributed by atoms with van der Waals surface area (Å²) in [7, 11) is 0. The van der Waals surface area contributed by atoms with Crippen molar-refractivity contribution >= 4 is 12.1 Å². The van der Waals surface area contributed by atoms with Gasteiger partial charge in [0.1, 0.15) is 11.5 Å². The monoisotopic (exact) mass is 359 g/mol. The molecule has 3 aromatic rings. The van der Waals surface area contributed by atoms with Gasteiger partial charge in [-0.3, -0.25) is 9.78 Å². The van der Waals surface area contributed by atoms with Crippen LogP contribution in [-0.4, -0.2) is 17.1 Å². The zero-order valence-electron chi connectivity index (χ0n) is 13.2. The molecule has 0 radical (unpaired) electrons. The van der Waals surface area contributed by atoms with E-state index in [0.717, 1.165) is 12.1 Å². The summed E-state index contributed by atoms with van der Waals surface area (Å²) < 4.78 is 43.8. The Balaban J connectivity index is 1.69. The number of halogens is 3. The number of nitrogens with one attached hydrogen (secondary N) is 1. The molecule has 132 valence electrons. The maximum atomic E-state index is 12.8. The second kappa shape index (κ2) is 7.22. The number of furan rings is 1. The molecule has 0 atom stereocenters. The van der Waals surface area contributed by atoms with E-state index in [1.807, 2.05) is 0 Å². The van der Waals surface area contributed by atoms with Crippen LogP contribution in [0.25, 0.3) is 11.3 Å². The average Bonchev–Trinajstić information content (AvgIpc) is 3.11. The molecule has 26 heavy (non-hydrogen) atoms. The first-order valence-electron chi connectivity index (χ1n) is 7.44. The molecule has 2 aromatic heterocycles. The van der Waals surface area contributed by atoms with E-state index in [1.54, 1.807) is 0 Å². The number of rotatable bonds is 4. The molecule has 0 aliphatic heterocycles. The first-order chi connectivity index (χ1) is 12.4. The van der Waals surface area contributed by atoms with Gasteiger partial charge in [-0.15, -0.1) is 0 Å². The molecule has 1 aromatic carbocycles. The van der Waals surface area contributed by atoms with Gasteiger partial charge in [-0.2, -0.15) is 18.3 Å². The van der Waals surface area contributed by atoms with E-state index in [9.17, 15) is 18.0 Å². The number of carbonyl (C=O) groups excluding carboxylic acids is 1. The van der Waals surface area contributed by atoms with Crippen molar-refractivity contribution in [3.05, 3.63) is 77.8 Å². The molecule has 0 aliphatic rings. The lowest BCUT2D eigenvalue weighted by molar-refractivity contribution is -0.137. The van der Waals surface area contributed by atoms with Crippen LogP contribution >= 0.6 is 0 Å². The SMILES string of the molecule is O=C(N/N=C/c1ccc(-c2cccc(C(F)(F)F)c2)o1)c1ccncc1. The Hall–Kier alpha value is -3.42. The van der Waals surface area contributed by atoms with Crippen molar-refractivity contribution in [1.82, 2.24) is 10.4 Å². The van der Waals surface area contributed by atoms with Crippen molar-refractivity contribution in [2.24, 2.45) is 5.10 Å². The zero-order valence-corrected chi connectivity index (χ0v) is 13.2. The van der Waals surface area contributed by atoms with Gasteiger partial charge in [-0.1, -0.05) is 12.1 Å². The van der Waals surface area contributed by atoms with Crippen molar-refractivity contribution in [1.29, 1.82) is 0 Å². The maximum Gasteiger partial charge on any atom is 0.416 e. The molecule has 8 heteroatoms. The fourth-order valence-electron chi connectivity index (χ4n) is 2.15. The highest BCUT2D eigenvalue weighted by Crippen LogP contribution is 2.32. The lowest BCUT2D eigenvalue weighted by atomic mass is 10.1. The number of alkyl halides is 3. The molecule has 5 nitrogen and oxygen atoms in total. The zero-order chi connectivity index (χ0) is 18.6. The molecular formula is C18H12F3N3O2. The summed E-state index contributed by atoms with van der Waals surface area (Å²) in [5.74, 6) is 0.124. The number of benzene rings is 1. The van der Waals surface area contributed by atoms with Gasteiger partial charge in [0, 0.05) is 23.5 Å². The highest BCUT2D eigenvalue weighted by atomic mass is 19.4. The van der Waals surface area contributed by atoms with E-state index in [-0.39, 0.29) is 11.5 Å². The predicted molar refractivity (Wildman–Crippen MR) is 88.4 cm³/mol. The van der Waals surface area contributed by atoms with Gasteiger partial charge < -0.3 is 4.42 Å². The van der Waals surface area contributed by atoms with Crippen molar-refractivity contribution in [3.8, 4) is 11.3 Å². The van der Waals surface area contributed by atoms with Gasteiger partial charge in [0.2, 0.25) is 0 Å². The largest absolute Gasteiger partial charge is 0.455 e. The lowest BCUT2D eigenvalue weighted by Gasteiger charge is -2.07. The van der Waals surface area contributed by atoms with Gasteiger partial charge in [0.15, 0.2) is 0 Å². The molecule has 0 saturated carbocycles. The summed E-state index contributed by atoms with van der Waals surface area (Å²) in [6, 6.07) is 10.9. The number of carbonyl (C=O) groups is 1. The van der Waals surface area contributed by atoms with Crippen LogP contribution in [0.5, 0.6) is 0 Å². The van der Waals surface area contributed by atoms with E-state index >= 15 is 0 Å². The predicted octanol–water partition coefficient (Wildman–Crippen LogP) is 4.12. The molecular weight excluding hydrogens is 347 g/mol. The highest BCUT2D eigenvalue weighted by molar-refractivity contribution is 5.94. The number of pyridine rings is 1. The van der Waals surface area contributed by atoms with E-state index in [2.05, 4.69) is 15.5 Å². The quantitative estimate of drug-likeness (QED) is 0.563. The standard InChI is InChI=1S/C18H12F3N3O2/c19-18(20,21)14-3-1-2-13(10-14)16-5-4-15(26-16)11-23-24-17(25)12-6-8-22-9-7-12/h1-11H,(H,24,25)/b23-11+. The Kier molecular flexibility index (Phi) is 4.83. The third-order valence-corrected chi connectivity index (χ3v) is 3.40. The fraction of sp³-hybridized carbons (Fsp3) is 0.0556. The van der Waals surface area contributed by atoms with E-state index in [1.165, 1.54) is 55.0 Å². The summed E-state index contributed by atoms with van der Waals surface area (Å²) in [5, 5.41) is 3.76. The number of amides is 1. The third-order valence-electron chi connectivity index (χ3n) is 3.40. The fourth-order valence-corrected chi connectivity index (χ4v) is 2.15. The first kappa shape index (κ1) is 17.4. The van der Waals surface area contributed by atoms with Crippen LogP contribution < -0.4 is 5.43 Å². The van der Waals surface area contributed by atoms with Crippen molar-refractivity contribution in [3.63, 3.8) is 0 Å². The van der Waals surface area contributed by atoms with Crippen LogP contribution in [0, 0.1) is 0 Å². The van der Waals surface area contributed by atoms with Crippen LogP contribution in [0.15, 0.2) is 70.4 Å². The van der Waals surface area contributed by atoms with Crippen LogP contribution in [0.1, 0.15) is 21.7 Å². The van der Waals surface area contributed by atoms with Crippen LogP contribution in [0.2, 0.25) is 0 Å². The van der Waals surface area contributed by atoms with E-state index in [0.29, 0.717) is 11.1 Å². The molecule has 0 unspecified atom stereocenters. The highest BCUT2D eigenvalue weighted by Gasteiger charge is 2.30. The summed E-state index contributed by atoms with van der Waals surface area (Å²) in [4.78, 5) is 15.6. The van der Waals surface area contributed by atoms with E-state index < -0.39 is 17.6 Å². The first-order valence-corrected chi connectivity index (χ1v) is 7.44. The Morgan fingerprint density at radius 3 is 2.62 bits per heavy atom. The number of hydrogen-bond acceptors (Lipinski definition) is 4. The molecule has 0 aliphatic carbocycles. The molecule has 3 rings (SSSR count). The molecule has 1 N–H and O–H groups in total. The molecule has 0 fully saturated rings. The van der Waals surface area contributed by atoms with Crippen molar-refractivity contribution < 1.29 is 22.4 Å². The average molecular weight is 359 g/mol. The molecule has 2 heterocycles. The van der Waals surface area contributed by atoms with Crippen LogP contribution in [0.4, 0.5) is 13.2 Å². The maximum absolute atomic E-state index is 12.8. The van der Waals surface area contributed by atoms with Crippen LogP contribution in [-0.2, 0) is 6.18 Å². The smallest absolute Gasteiger partial charge is 0.416 e. The summed E-state index contributed by atoms with van der Waals surface area (Å²) >= 11 is 0. The Bertz CT molecular complexity index is 934. The summed E-state index contributed by atoms with van der Waals surface area (Å²) in [6.07, 6.45) is -0.209. The Morgan fingerprint density at radius 1 is 1.12 bits per heavy atom. The van der Waals surface area contributed by atoms with Crippen LogP contribution in [0.3, 0.4) is 0 Å². The minimum atomic E-state index is -4.43. The van der Waals surface area contributed by atoms with Gasteiger partial charge in [0.25, 0.3) is 5.91 Å². The number of aromatic nitrogens is 1. The minimum absolute atomic E-state index is 0.262. The minimum Gasteiger partial charge on any atom is -0.455 e. The van der Waals surface area contributed by atoms with Crippen molar-refractivity contribution in [2.45, 2.75) is 6.18 Å². The molecule has 1 amide bonds. The second-order valence-electron chi connectivity index (χ2n) is 5.22. The molecule has 0 saturated heterocycles. The third kappa shape index (κ3) is 4.15. The van der Waals surface area contributed by atoms with Gasteiger partial charge in [-0.25, -0.2) is 5.43 Å². The van der Waals surface area contributed by atoms with Gasteiger partial charge >= 0.3 is 6.18 Å². The van der Waals surface area contributed by atoms with E-state index in [4.69, 9.17) is 4.42 Å². The Morgan fingerprint density at radius 2 is 1.88 bits per heavy atom. The number of hydrazone groups is 1. The number of hydrogen-bond donors (Lipinski definition) is 1. The molecule has 0 bridgehead atoms. The topological polar surface area (TPSA) is 67.5 Å². The normalized spacial score (nSPS) is 11.7. The summed E-state index contributed by atoms with van der Waals surface area (Å²) in [6.45, 7) is 0. The van der Waals surface area contributed by atoms with Gasteiger partial charge in [-0.05, 0) is 36.4 Å². The second-order valence-corrected chi connectivity index (χ2v) is 5.22. The number of nitrogens with zero attached hydrogens (tertiary/aromatic N) is 2. The van der Waals surface area contributed by atoms with Crippen molar-refractivity contribution in [2.75, 3.05) is 0 Å².